The first-order chi connectivity index (χ1) is 16.0. The second-order valence-electron chi connectivity index (χ2n) is 9.47. The third-order valence-corrected chi connectivity index (χ3v) is 7.97. The molecule has 0 bridgehead atoms. The number of fused-ring (bicyclic) bond motifs is 1. The average Bonchev–Trinajstić information content (AvgIpc) is 3.49. The number of hydrogen-bond donors (Lipinski definition) is 0. The molecule has 0 N–H and O–H groups in total. The highest BCUT2D eigenvalue weighted by molar-refractivity contribution is 7.10. The zero-order chi connectivity index (χ0) is 23.4. The molecule has 2 amide bonds. The topological polar surface area (TPSA) is 49.9 Å². The fraction of sp³-hybridized carbons (Fsp3) is 0.556. The molecule has 2 heterocycles. The van der Waals surface area contributed by atoms with Crippen molar-refractivity contribution in [1.82, 2.24) is 9.80 Å². The summed E-state index contributed by atoms with van der Waals surface area (Å²) < 4.78 is 6.25. The Hall–Kier alpha value is -2.34. The van der Waals surface area contributed by atoms with Crippen LogP contribution in [0.2, 0.25) is 0 Å². The first-order valence-electron chi connectivity index (χ1n) is 12.3. The lowest BCUT2D eigenvalue weighted by atomic mass is 10.00. The predicted molar refractivity (Wildman–Crippen MR) is 133 cm³/mol. The molecule has 6 heteroatoms. The first kappa shape index (κ1) is 23.8. The summed E-state index contributed by atoms with van der Waals surface area (Å²) in [7, 11) is 0. The molecule has 1 aromatic heterocycles. The summed E-state index contributed by atoms with van der Waals surface area (Å²) in [6, 6.07) is 8.19. The van der Waals surface area contributed by atoms with Crippen LogP contribution in [0, 0.1) is 19.8 Å². The molecule has 1 unspecified atom stereocenters. The highest BCUT2D eigenvalue weighted by atomic mass is 32.1. The maximum Gasteiger partial charge on any atom is 0.242 e. The van der Waals surface area contributed by atoms with Crippen LogP contribution in [0.4, 0.5) is 0 Å². The quantitative estimate of drug-likeness (QED) is 0.528. The minimum Gasteiger partial charge on any atom is -0.491 e. The second-order valence-corrected chi connectivity index (χ2v) is 10.5. The minimum atomic E-state index is -0.127. The Kier molecular flexibility index (Phi) is 7.74. The summed E-state index contributed by atoms with van der Waals surface area (Å²) in [6.07, 6.45) is 5.89. The van der Waals surface area contributed by atoms with Crippen LogP contribution in [0.1, 0.15) is 66.6 Å². The van der Waals surface area contributed by atoms with Gasteiger partial charge in [0.2, 0.25) is 11.8 Å². The molecule has 1 aromatic carbocycles. The van der Waals surface area contributed by atoms with Crippen LogP contribution >= 0.6 is 11.3 Å². The molecule has 33 heavy (non-hydrogen) atoms. The number of ether oxygens (including phenoxy) is 1. The zero-order valence-corrected chi connectivity index (χ0v) is 21.0. The van der Waals surface area contributed by atoms with Crippen molar-refractivity contribution in [2.24, 2.45) is 5.92 Å². The minimum absolute atomic E-state index is 0.0286. The van der Waals surface area contributed by atoms with E-state index >= 15 is 0 Å². The lowest BCUT2D eigenvalue weighted by Crippen LogP contribution is -2.48. The third kappa shape index (κ3) is 5.43. The molecule has 1 aliphatic heterocycles. The molecule has 5 nitrogen and oxygen atoms in total. The van der Waals surface area contributed by atoms with E-state index in [2.05, 4.69) is 44.4 Å². The standard InChI is InChI=1S/C27H36N2O3S/c1-4-13-28(27(31)21-7-5-6-8-21)17-26(30)29-14-11-25-22(12-15-33-25)23(29)18-32-24-10-9-19(2)16-20(24)3/h9-10,12,15-16,21,23H,4-8,11,13-14,17-18H2,1-3H3. The maximum atomic E-state index is 13.5. The van der Waals surface area contributed by atoms with Gasteiger partial charge in [-0.3, -0.25) is 9.59 Å². The van der Waals surface area contributed by atoms with Gasteiger partial charge < -0.3 is 14.5 Å². The van der Waals surface area contributed by atoms with Crippen molar-refractivity contribution < 1.29 is 14.3 Å². The van der Waals surface area contributed by atoms with E-state index < -0.39 is 0 Å². The van der Waals surface area contributed by atoms with Gasteiger partial charge >= 0.3 is 0 Å². The number of carbonyl (C=O) groups excluding carboxylic acids is 2. The molecule has 0 spiro atoms. The fourth-order valence-corrected chi connectivity index (χ4v) is 6.15. The van der Waals surface area contributed by atoms with Crippen molar-refractivity contribution in [3.8, 4) is 5.75 Å². The summed E-state index contributed by atoms with van der Waals surface area (Å²) in [6.45, 7) is 8.10. The SMILES string of the molecule is CCCN(CC(=O)N1CCc2sccc2C1COc1ccc(C)cc1C)C(=O)C1CCCC1. The van der Waals surface area contributed by atoms with Crippen molar-refractivity contribution in [2.75, 3.05) is 26.2 Å². The van der Waals surface area contributed by atoms with Crippen LogP contribution in [0.25, 0.3) is 0 Å². The van der Waals surface area contributed by atoms with Crippen molar-refractivity contribution >= 4 is 23.2 Å². The highest BCUT2D eigenvalue weighted by Crippen LogP contribution is 2.34. The van der Waals surface area contributed by atoms with Crippen LogP contribution in [0.5, 0.6) is 5.75 Å². The molecule has 1 aliphatic carbocycles. The van der Waals surface area contributed by atoms with E-state index in [-0.39, 0.29) is 30.3 Å². The Labute approximate surface area is 201 Å². The molecular weight excluding hydrogens is 432 g/mol. The maximum absolute atomic E-state index is 13.5. The van der Waals surface area contributed by atoms with Gasteiger partial charge in [0.15, 0.2) is 0 Å². The van der Waals surface area contributed by atoms with E-state index in [4.69, 9.17) is 4.74 Å². The first-order valence-corrected chi connectivity index (χ1v) is 13.2. The molecule has 2 aliphatic rings. The number of thiophene rings is 1. The number of amides is 2. The van der Waals surface area contributed by atoms with Crippen molar-refractivity contribution in [2.45, 2.75) is 65.3 Å². The van der Waals surface area contributed by atoms with Crippen molar-refractivity contribution in [3.05, 3.63) is 51.2 Å². The van der Waals surface area contributed by atoms with Gasteiger partial charge in [0.05, 0.1) is 12.6 Å². The number of carbonyl (C=O) groups is 2. The third-order valence-electron chi connectivity index (χ3n) is 6.98. The van der Waals surface area contributed by atoms with Gasteiger partial charge in [0.1, 0.15) is 12.4 Å². The summed E-state index contributed by atoms with van der Waals surface area (Å²) in [5.41, 5.74) is 3.50. The molecule has 0 saturated heterocycles. The van der Waals surface area contributed by atoms with Crippen LogP contribution < -0.4 is 4.74 Å². The van der Waals surface area contributed by atoms with Crippen LogP contribution in [-0.2, 0) is 16.0 Å². The molecule has 1 fully saturated rings. The van der Waals surface area contributed by atoms with Gasteiger partial charge in [-0.15, -0.1) is 11.3 Å². The normalized spacial score (nSPS) is 18.3. The molecular formula is C27H36N2O3S. The Morgan fingerprint density at radius 3 is 2.70 bits per heavy atom. The Balaban J connectivity index is 1.50. The molecule has 1 saturated carbocycles. The number of hydrogen-bond acceptors (Lipinski definition) is 4. The largest absolute Gasteiger partial charge is 0.491 e. The monoisotopic (exact) mass is 468 g/mol. The summed E-state index contributed by atoms with van der Waals surface area (Å²) in [4.78, 5) is 31.7. The molecule has 4 rings (SSSR count). The van der Waals surface area contributed by atoms with Crippen molar-refractivity contribution in [1.29, 1.82) is 0 Å². The second kappa shape index (κ2) is 10.7. The highest BCUT2D eigenvalue weighted by Gasteiger charge is 2.35. The van der Waals surface area contributed by atoms with E-state index in [1.807, 2.05) is 15.9 Å². The number of aryl methyl sites for hydroxylation is 2. The van der Waals surface area contributed by atoms with Gasteiger partial charge in [-0.1, -0.05) is 37.5 Å². The van der Waals surface area contributed by atoms with E-state index in [0.717, 1.165) is 49.8 Å². The number of nitrogens with zero attached hydrogens (tertiary/aromatic N) is 2. The van der Waals surface area contributed by atoms with Crippen LogP contribution in [-0.4, -0.2) is 47.9 Å². The Morgan fingerprint density at radius 2 is 1.97 bits per heavy atom. The predicted octanol–water partition coefficient (Wildman–Crippen LogP) is 5.30. The van der Waals surface area contributed by atoms with Crippen molar-refractivity contribution in [3.63, 3.8) is 0 Å². The number of rotatable bonds is 8. The van der Waals surface area contributed by atoms with Crippen LogP contribution in [0.15, 0.2) is 29.6 Å². The van der Waals surface area contributed by atoms with E-state index in [0.29, 0.717) is 19.7 Å². The van der Waals surface area contributed by atoms with E-state index in [9.17, 15) is 9.59 Å². The molecule has 1 atom stereocenters. The van der Waals surface area contributed by atoms with Gasteiger partial charge in [0.25, 0.3) is 0 Å². The van der Waals surface area contributed by atoms with Gasteiger partial charge in [-0.2, -0.15) is 0 Å². The summed E-state index contributed by atoms with van der Waals surface area (Å²) >= 11 is 1.76. The van der Waals surface area contributed by atoms with Gasteiger partial charge in [0, 0.05) is 23.9 Å². The van der Waals surface area contributed by atoms with Gasteiger partial charge in [-0.25, -0.2) is 0 Å². The fourth-order valence-electron chi connectivity index (χ4n) is 5.23. The number of benzene rings is 1. The molecule has 2 aromatic rings. The lowest BCUT2D eigenvalue weighted by molar-refractivity contribution is -0.144. The van der Waals surface area contributed by atoms with Crippen LogP contribution in [0.3, 0.4) is 0 Å². The Morgan fingerprint density at radius 1 is 1.18 bits per heavy atom. The van der Waals surface area contributed by atoms with E-state index in [1.54, 1.807) is 11.3 Å². The smallest absolute Gasteiger partial charge is 0.242 e. The van der Waals surface area contributed by atoms with E-state index in [1.165, 1.54) is 16.0 Å². The molecule has 0 radical (unpaired) electrons. The zero-order valence-electron chi connectivity index (χ0n) is 20.1. The average molecular weight is 469 g/mol. The molecule has 178 valence electrons. The summed E-state index contributed by atoms with van der Waals surface area (Å²) in [5.74, 6) is 1.15. The summed E-state index contributed by atoms with van der Waals surface area (Å²) in [5, 5.41) is 2.11. The van der Waals surface area contributed by atoms with Gasteiger partial charge in [-0.05, 0) is 68.2 Å². The lowest BCUT2D eigenvalue weighted by Gasteiger charge is -2.37. The Bertz CT molecular complexity index is 979.